The number of aromatic hydroxyl groups is 2. The first kappa shape index (κ1) is 14.1. The normalized spacial score (nSPS) is 11.0. The van der Waals surface area contributed by atoms with E-state index in [1.807, 2.05) is 0 Å². The zero-order valence-electron chi connectivity index (χ0n) is 12.3. The molecule has 6 heteroatoms. The van der Waals surface area contributed by atoms with Gasteiger partial charge in [-0.3, -0.25) is 4.79 Å². The molecule has 0 radical (unpaired) electrons. The van der Waals surface area contributed by atoms with Crippen LogP contribution < -0.4 is 9.47 Å². The molecule has 1 aromatic heterocycles. The van der Waals surface area contributed by atoms with E-state index in [1.54, 1.807) is 6.07 Å². The number of fused-ring (bicyclic) bond motifs is 3. The SMILES string of the molecule is COc1cc(O)c2c(c1)oc1cc(OC)c(C(C)=O)c(O)c12. The van der Waals surface area contributed by atoms with E-state index in [4.69, 9.17) is 13.9 Å². The number of benzene rings is 2. The van der Waals surface area contributed by atoms with Gasteiger partial charge >= 0.3 is 0 Å². The molecule has 0 fully saturated rings. The topological polar surface area (TPSA) is 89.1 Å². The molecule has 2 N–H and O–H groups in total. The molecule has 0 aliphatic heterocycles. The maximum absolute atomic E-state index is 11.8. The number of ketones is 1. The lowest BCUT2D eigenvalue weighted by Gasteiger charge is -2.08. The second kappa shape index (κ2) is 4.84. The molecule has 0 amide bonds. The van der Waals surface area contributed by atoms with E-state index in [0.29, 0.717) is 22.3 Å². The summed E-state index contributed by atoms with van der Waals surface area (Å²) in [5, 5.41) is 21.2. The van der Waals surface area contributed by atoms with Crippen molar-refractivity contribution >= 4 is 27.7 Å². The fourth-order valence-corrected chi connectivity index (χ4v) is 2.59. The van der Waals surface area contributed by atoms with E-state index in [0.717, 1.165) is 0 Å². The number of methoxy groups -OCH3 is 2. The number of Topliss-reactive ketones (excluding diaryl/α,β-unsaturated/α-hetero) is 1. The van der Waals surface area contributed by atoms with Crippen molar-refractivity contribution in [2.75, 3.05) is 14.2 Å². The van der Waals surface area contributed by atoms with E-state index in [9.17, 15) is 15.0 Å². The average molecular weight is 302 g/mol. The Hall–Kier alpha value is -2.89. The molecule has 0 saturated carbocycles. The molecular formula is C16H14O6. The van der Waals surface area contributed by atoms with Crippen molar-refractivity contribution in [1.29, 1.82) is 0 Å². The zero-order valence-corrected chi connectivity index (χ0v) is 12.3. The fraction of sp³-hybridized carbons (Fsp3) is 0.188. The number of ether oxygens (including phenoxy) is 2. The molecule has 0 atom stereocenters. The highest BCUT2D eigenvalue weighted by Crippen LogP contribution is 2.45. The van der Waals surface area contributed by atoms with Crippen molar-refractivity contribution in [1.82, 2.24) is 0 Å². The number of hydrogen-bond donors (Lipinski definition) is 2. The molecule has 3 aromatic rings. The van der Waals surface area contributed by atoms with Crippen molar-refractivity contribution in [3.05, 3.63) is 23.8 Å². The van der Waals surface area contributed by atoms with Crippen LogP contribution in [0.1, 0.15) is 17.3 Å². The third-order valence-electron chi connectivity index (χ3n) is 3.56. The zero-order chi connectivity index (χ0) is 16.0. The predicted molar refractivity (Wildman–Crippen MR) is 80.2 cm³/mol. The van der Waals surface area contributed by atoms with Crippen LogP contribution in [0.25, 0.3) is 21.9 Å². The highest BCUT2D eigenvalue weighted by Gasteiger charge is 2.23. The molecule has 2 aromatic carbocycles. The van der Waals surface area contributed by atoms with Crippen molar-refractivity contribution in [3.63, 3.8) is 0 Å². The van der Waals surface area contributed by atoms with Gasteiger partial charge in [-0.1, -0.05) is 0 Å². The van der Waals surface area contributed by atoms with Crippen molar-refractivity contribution in [2.24, 2.45) is 0 Å². The molecule has 0 aliphatic carbocycles. The summed E-state index contributed by atoms with van der Waals surface area (Å²) >= 11 is 0. The summed E-state index contributed by atoms with van der Waals surface area (Å²) in [4.78, 5) is 11.8. The third-order valence-corrected chi connectivity index (χ3v) is 3.56. The predicted octanol–water partition coefficient (Wildman–Crippen LogP) is 3.22. The van der Waals surface area contributed by atoms with Gasteiger partial charge in [-0.2, -0.15) is 0 Å². The van der Waals surface area contributed by atoms with Gasteiger partial charge in [0.25, 0.3) is 0 Å². The maximum atomic E-state index is 11.8. The number of phenols is 2. The summed E-state index contributed by atoms with van der Waals surface area (Å²) in [5.74, 6) is -0.104. The van der Waals surface area contributed by atoms with Gasteiger partial charge < -0.3 is 24.1 Å². The lowest BCUT2D eigenvalue weighted by Crippen LogP contribution is -1.98. The summed E-state index contributed by atoms with van der Waals surface area (Å²) < 4.78 is 15.9. The molecule has 0 spiro atoms. The van der Waals surface area contributed by atoms with Crippen LogP contribution in [0.2, 0.25) is 0 Å². The van der Waals surface area contributed by atoms with E-state index in [-0.39, 0.29) is 34.0 Å². The summed E-state index contributed by atoms with van der Waals surface area (Å²) in [6.07, 6.45) is 0. The summed E-state index contributed by atoms with van der Waals surface area (Å²) in [6, 6.07) is 4.51. The molecule has 1 heterocycles. The maximum Gasteiger partial charge on any atom is 0.167 e. The number of hydrogen-bond acceptors (Lipinski definition) is 6. The Balaban J connectivity index is 2.51. The van der Waals surface area contributed by atoms with Gasteiger partial charge in [0.05, 0.1) is 25.0 Å². The standard InChI is InChI=1S/C16H14O6/c1-7(17)13-10(21-3)6-12-15(16(13)19)14-9(18)4-8(20-2)5-11(14)22-12/h4-6,18-19H,1-3H3. The molecule has 6 nitrogen and oxygen atoms in total. The Kier molecular flexibility index (Phi) is 3.09. The van der Waals surface area contributed by atoms with Crippen LogP contribution in [0.4, 0.5) is 0 Å². The lowest BCUT2D eigenvalue weighted by molar-refractivity contribution is 0.101. The Bertz CT molecular complexity index is 906. The minimum absolute atomic E-state index is 0.0490. The Morgan fingerprint density at radius 1 is 1.05 bits per heavy atom. The van der Waals surface area contributed by atoms with E-state index < -0.39 is 0 Å². The lowest BCUT2D eigenvalue weighted by atomic mass is 10.0. The Morgan fingerprint density at radius 3 is 2.32 bits per heavy atom. The number of carbonyl (C=O) groups excluding carboxylic acids is 1. The fourth-order valence-electron chi connectivity index (χ4n) is 2.59. The molecule has 0 aliphatic rings. The van der Waals surface area contributed by atoms with Gasteiger partial charge in [-0.05, 0) is 6.92 Å². The highest BCUT2D eigenvalue weighted by atomic mass is 16.5. The molecule has 0 unspecified atom stereocenters. The largest absolute Gasteiger partial charge is 0.507 e. The molecule has 114 valence electrons. The smallest absolute Gasteiger partial charge is 0.167 e. The van der Waals surface area contributed by atoms with Gasteiger partial charge in [0.1, 0.15) is 39.7 Å². The quantitative estimate of drug-likeness (QED) is 0.722. The van der Waals surface area contributed by atoms with Crippen molar-refractivity contribution in [3.8, 4) is 23.0 Å². The van der Waals surface area contributed by atoms with Crippen LogP contribution in [0.3, 0.4) is 0 Å². The second-order valence-corrected chi connectivity index (χ2v) is 4.85. The van der Waals surface area contributed by atoms with E-state index in [1.165, 1.54) is 33.3 Å². The molecule has 3 rings (SSSR count). The number of carbonyl (C=O) groups is 1. The third kappa shape index (κ3) is 1.84. The second-order valence-electron chi connectivity index (χ2n) is 4.85. The van der Waals surface area contributed by atoms with Crippen LogP contribution in [0, 0.1) is 0 Å². The van der Waals surface area contributed by atoms with Crippen LogP contribution in [0.5, 0.6) is 23.0 Å². The van der Waals surface area contributed by atoms with Gasteiger partial charge in [0.15, 0.2) is 5.78 Å². The first-order valence-corrected chi connectivity index (χ1v) is 6.52. The van der Waals surface area contributed by atoms with E-state index >= 15 is 0 Å². The van der Waals surface area contributed by atoms with Gasteiger partial charge in [0.2, 0.25) is 0 Å². The monoisotopic (exact) mass is 302 g/mol. The first-order chi connectivity index (χ1) is 10.5. The summed E-state index contributed by atoms with van der Waals surface area (Å²) in [7, 11) is 2.87. The minimum Gasteiger partial charge on any atom is -0.507 e. The van der Waals surface area contributed by atoms with Crippen LogP contribution in [-0.4, -0.2) is 30.2 Å². The average Bonchev–Trinajstić information content (AvgIpc) is 2.85. The van der Waals surface area contributed by atoms with E-state index in [2.05, 4.69) is 0 Å². The van der Waals surface area contributed by atoms with Crippen LogP contribution >= 0.6 is 0 Å². The van der Waals surface area contributed by atoms with Crippen LogP contribution in [0.15, 0.2) is 22.6 Å². The minimum atomic E-state index is -0.349. The Morgan fingerprint density at radius 2 is 1.73 bits per heavy atom. The summed E-state index contributed by atoms with van der Waals surface area (Å²) in [6.45, 7) is 1.33. The Labute approximate surface area is 125 Å². The number of rotatable bonds is 3. The molecule has 0 bridgehead atoms. The van der Waals surface area contributed by atoms with Gasteiger partial charge in [-0.15, -0.1) is 0 Å². The summed E-state index contributed by atoms with van der Waals surface area (Å²) in [5.41, 5.74) is 0.690. The van der Waals surface area contributed by atoms with Gasteiger partial charge in [0, 0.05) is 18.2 Å². The van der Waals surface area contributed by atoms with Gasteiger partial charge in [-0.25, -0.2) is 0 Å². The first-order valence-electron chi connectivity index (χ1n) is 6.52. The molecular weight excluding hydrogens is 288 g/mol. The molecule has 0 saturated heterocycles. The highest BCUT2D eigenvalue weighted by molar-refractivity contribution is 6.16. The molecule has 22 heavy (non-hydrogen) atoms. The van der Waals surface area contributed by atoms with Crippen molar-refractivity contribution in [2.45, 2.75) is 6.92 Å². The number of furan rings is 1. The van der Waals surface area contributed by atoms with Crippen molar-refractivity contribution < 1.29 is 28.9 Å². The van der Waals surface area contributed by atoms with Crippen LogP contribution in [-0.2, 0) is 0 Å². The number of phenolic OH excluding ortho intramolecular Hbond substituents is 2.